The van der Waals surface area contributed by atoms with Crippen molar-refractivity contribution in [3.63, 3.8) is 0 Å². The molecule has 0 bridgehead atoms. The molecule has 1 unspecified atom stereocenters. The Morgan fingerprint density at radius 1 is 0.696 bits per heavy atom. The van der Waals surface area contributed by atoms with Gasteiger partial charge in [0.15, 0.2) is 0 Å². The fourth-order valence-corrected chi connectivity index (χ4v) is 7.07. The number of aromatic nitrogens is 2. The second-order valence-corrected chi connectivity index (χ2v) is 12.4. The van der Waals surface area contributed by atoms with E-state index in [4.69, 9.17) is 0 Å². The molecular weight excluding hydrogens is 556 g/mol. The summed E-state index contributed by atoms with van der Waals surface area (Å²) in [5.41, 5.74) is 14.5. The molecule has 0 saturated heterocycles. The zero-order valence-corrected chi connectivity index (χ0v) is 26.3. The molecule has 1 aliphatic carbocycles. The number of rotatable bonds is 6. The molecule has 1 atom stereocenters. The van der Waals surface area contributed by atoms with Crippen LogP contribution >= 0.6 is 0 Å². The van der Waals surface area contributed by atoms with E-state index in [-0.39, 0.29) is 0 Å². The van der Waals surface area contributed by atoms with Crippen LogP contribution in [0, 0.1) is 12.8 Å². The Kier molecular flexibility index (Phi) is 6.92. The minimum Gasteiger partial charge on any atom is -0.310 e. The first-order chi connectivity index (χ1) is 22.6. The van der Waals surface area contributed by atoms with E-state index in [0.717, 1.165) is 23.2 Å². The standard InChI is InChI=1S/C44H36N2/c1-30-18-25-43-39(28-30)40-29-35(22-27-44(40)46(43)36-14-8-5-9-15-36)31(2)19-26-41-32(3)38-16-10-11-17-42(38)45(41)37-23-20-34(21-24-37)33-12-6-4-7-13-33/h4-27,29-30H,2,28H2,1,3H3/b26-19-. The Morgan fingerprint density at radius 3 is 2.13 bits per heavy atom. The molecule has 0 amide bonds. The molecule has 5 aromatic carbocycles. The number of allylic oxidation sites excluding steroid dienone is 3. The van der Waals surface area contributed by atoms with E-state index in [1.165, 1.54) is 61.1 Å². The maximum atomic E-state index is 4.55. The third-order valence-electron chi connectivity index (χ3n) is 9.46. The zero-order chi connectivity index (χ0) is 31.2. The molecule has 0 spiro atoms. The highest BCUT2D eigenvalue weighted by molar-refractivity contribution is 5.95. The zero-order valence-electron chi connectivity index (χ0n) is 26.3. The number of benzene rings is 5. The van der Waals surface area contributed by atoms with E-state index >= 15 is 0 Å². The van der Waals surface area contributed by atoms with Gasteiger partial charge in [0.25, 0.3) is 0 Å². The number of nitrogens with zero attached hydrogens (tertiary/aromatic N) is 2. The van der Waals surface area contributed by atoms with Crippen molar-refractivity contribution in [1.29, 1.82) is 0 Å². The van der Waals surface area contributed by atoms with E-state index in [1.807, 2.05) is 0 Å². The molecule has 2 aromatic heterocycles. The van der Waals surface area contributed by atoms with Crippen LogP contribution in [0.4, 0.5) is 0 Å². The van der Waals surface area contributed by atoms with Crippen LogP contribution in [0.15, 0.2) is 146 Å². The van der Waals surface area contributed by atoms with Crippen molar-refractivity contribution in [3.8, 4) is 22.5 Å². The molecule has 1 aliphatic rings. The molecular formula is C44H36N2. The molecule has 46 heavy (non-hydrogen) atoms. The molecule has 8 rings (SSSR count). The van der Waals surface area contributed by atoms with Crippen LogP contribution in [0.1, 0.15) is 35.0 Å². The van der Waals surface area contributed by atoms with E-state index in [2.05, 4.69) is 181 Å². The molecule has 2 nitrogen and oxygen atoms in total. The molecule has 0 radical (unpaired) electrons. The first kappa shape index (κ1) is 27.9. The van der Waals surface area contributed by atoms with Crippen molar-refractivity contribution in [2.45, 2.75) is 20.3 Å². The quantitative estimate of drug-likeness (QED) is 0.170. The second-order valence-electron chi connectivity index (χ2n) is 12.4. The van der Waals surface area contributed by atoms with Crippen LogP contribution in [0.5, 0.6) is 0 Å². The fourth-order valence-electron chi connectivity index (χ4n) is 7.07. The molecule has 2 heterocycles. The minimum atomic E-state index is 0.515. The number of hydrogen-bond donors (Lipinski definition) is 0. The van der Waals surface area contributed by atoms with Gasteiger partial charge in [0.1, 0.15) is 0 Å². The van der Waals surface area contributed by atoms with Crippen molar-refractivity contribution >= 4 is 39.5 Å². The summed E-state index contributed by atoms with van der Waals surface area (Å²) in [5, 5.41) is 2.57. The lowest BCUT2D eigenvalue weighted by Crippen LogP contribution is -2.05. The van der Waals surface area contributed by atoms with E-state index < -0.39 is 0 Å². The summed E-state index contributed by atoms with van der Waals surface area (Å²) < 4.78 is 4.77. The SMILES string of the molecule is C=C(/C=C\c1c(C)c2ccccc2n1-c1ccc(-c2ccccc2)cc1)c1ccc2c(c1)c1c(n2-c2ccccc2)C=CC(C)C1. The minimum absolute atomic E-state index is 0.515. The van der Waals surface area contributed by atoms with Crippen molar-refractivity contribution in [2.24, 2.45) is 5.92 Å². The van der Waals surface area contributed by atoms with Crippen LogP contribution in [-0.2, 0) is 6.42 Å². The van der Waals surface area contributed by atoms with Gasteiger partial charge in [-0.05, 0) is 107 Å². The highest BCUT2D eigenvalue weighted by Gasteiger charge is 2.21. The Balaban J connectivity index is 1.19. The van der Waals surface area contributed by atoms with E-state index in [9.17, 15) is 0 Å². The largest absolute Gasteiger partial charge is 0.310 e. The molecule has 2 heteroatoms. The normalized spacial score (nSPS) is 14.3. The molecule has 0 saturated carbocycles. The summed E-state index contributed by atoms with van der Waals surface area (Å²) in [7, 11) is 0. The predicted molar refractivity (Wildman–Crippen MR) is 197 cm³/mol. The highest BCUT2D eigenvalue weighted by Crippen LogP contribution is 2.37. The number of aryl methyl sites for hydroxylation is 1. The van der Waals surface area contributed by atoms with Gasteiger partial charge < -0.3 is 9.13 Å². The highest BCUT2D eigenvalue weighted by atomic mass is 15.0. The molecule has 0 fully saturated rings. The molecule has 7 aromatic rings. The lowest BCUT2D eigenvalue weighted by molar-refractivity contribution is 0.718. The van der Waals surface area contributed by atoms with Crippen molar-refractivity contribution in [3.05, 3.63) is 174 Å². The van der Waals surface area contributed by atoms with Crippen molar-refractivity contribution in [1.82, 2.24) is 9.13 Å². The average molecular weight is 593 g/mol. The number of para-hydroxylation sites is 2. The average Bonchev–Trinajstić information content (AvgIpc) is 3.58. The lowest BCUT2D eigenvalue weighted by atomic mass is 9.92. The number of fused-ring (bicyclic) bond motifs is 4. The van der Waals surface area contributed by atoms with Crippen LogP contribution < -0.4 is 0 Å². The summed E-state index contributed by atoms with van der Waals surface area (Å²) in [5.74, 6) is 0.515. The maximum absolute atomic E-state index is 4.55. The number of hydrogen-bond acceptors (Lipinski definition) is 0. The Hall–Kier alpha value is -5.60. The smallest absolute Gasteiger partial charge is 0.0538 e. The summed E-state index contributed by atoms with van der Waals surface area (Å²) in [6, 6.07) is 45.6. The summed E-state index contributed by atoms with van der Waals surface area (Å²) in [6.45, 7) is 9.07. The van der Waals surface area contributed by atoms with Crippen LogP contribution in [-0.4, -0.2) is 9.13 Å². The second kappa shape index (κ2) is 11.4. The molecule has 222 valence electrons. The third-order valence-corrected chi connectivity index (χ3v) is 9.46. The van der Waals surface area contributed by atoms with Crippen LogP contribution in [0.25, 0.3) is 62.0 Å². The van der Waals surface area contributed by atoms with Gasteiger partial charge in [-0.25, -0.2) is 0 Å². The van der Waals surface area contributed by atoms with Gasteiger partial charge in [-0.15, -0.1) is 0 Å². The van der Waals surface area contributed by atoms with Gasteiger partial charge in [0, 0.05) is 33.5 Å². The van der Waals surface area contributed by atoms with Gasteiger partial charge in [-0.1, -0.05) is 111 Å². The van der Waals surface area contributed by atoms with Crippen LogP contribution in [0.2, 0.25) is 0 Å². The predicted octanol–water partition coefficient (Wildman–Crippen LogP) is 11.5. The Labute approximate surface area is 270 Å². The third kappa shape index (κ3) is 4.74. The van der Waals surface area contributed by atoms with Gasteiger partial charge in [-0.2, -0.15) is 0 Å². The van der Waals surface area contributed by atoms with Gasteiger partial charge >= 0.3 is 0 Å². The summed E-state index contributed by atoms with van der Waals surface area (Å²) >= 11 is 0. The first-order valence-electron chi connectivity index (χ1n) is 16.1. The van der Waals surface area contributed by atoms with Gasteiger partial charge in [0.05, 0.1) is 11.0 Å². The molecule has 0 N–H and O–H groups in total. The monoisotopic (exact) mass is 592 g/mol. The van der Waals surface area contributed by atoms with Crippen molar-refractivity contribution < 1.29 is 0 Å². The van der Waals surface area contributed by atoms with E-state index in [0.29, 0.717) is 5.92 Å². The van der Waals surface area contributed by atoms with Crippen LogP contribution in [0.3, 0.4) is 0 Å². The fraction of sp³-hybridized carbons (Fsp3) is 0.0909. The van der Waals surface area contributed by atoms with E-state index in [1.54, 1.807) is 0 Å². The van der Waals surface area contributed by atoms with Gasteiger partial charge in [-0.3, -0.25) is 0 Å². The van der Waals surface area contributed by atoms with Crippen molar-refractivity contribution in [2.75, 3.05) is 0 Å². The Morgan fingerprint density at radius 2 is 1.35 bits per heavy atom. The summed E-state index contributed by atoms with van der Waals surface area (Å²) in [4.78, 5) is 0. The maximum Gasteiger partial charge on any atom is 0.0538 e. The Bertz CT molecular complexity index is 2290. The lowest BCUT2D eigenvalue weighted by Gasteiger charge is -2.15. The summed E-state index contributed by atoms with van der Waals surface area (Å²) in [6.07, 6.45) is 10.1. The van der Waals surface area contributed by atoms with Gasteiger partial charge in [0.2, 0.25) is 0 Å². The topological polar surface area (TPSA) is 9.86 Å². The first-order valence-corrected chi connectivity index (χ1v) is 16.1. The molecule has 0 aliphatic heterocycles.